The first-order chi connectivity index (χ1) is 9.60. The molecule has 20 heavy (non-hydrogen) atoms. The van der Waals surface area contributed by atoms with Gasteiger partial charge in [0.25, 0.3) is 0 Å². The Balaban J connectivity index is 2.22. The van der Waals surface area contributed by atoms with E-state index >= 15 is 0 Å². The predicted molar refractivity (Wildman–Crippen MR) is 84.1 cm³/mol. The molecule has 3 N–H and O–H groups in total. The molecule has 2 rings (SSSR count). The van der Waals surface area contributed by atoms with Crippen LogP contribution < -0.4 is 10.5 Å². The van der Waals surface area contributed by atoms with Crippen molar-refractivity contribution in [2.24, 2.45) is 5.73 Å². The van der Waals surface area contributed by atoms with Gasteiger partial charge in [-0.15, -0.1) is 0 Å². The third kappa shape index (κ3) is 3.82. The topological polar surface area (TPSA) is 55.5 Å². The van der Waals surface area contributed by atoms with Crippen molar-refractivity contribution in [1.29, 1.82) is 0 Å². The standard InChI is InChI=1S/C16H18BrNO2/c1-11(18)15-7-4-13(17)10-16(15)20-14-5-2-12(3-6-14)8-9-19/h2-7,10-11,19H,8-9,18H2,1H3. The van der Waals surface area contributed by atoms with Crippen molar-refractivity contribution in [3.05, 3.63) is 58.1 Å². The molecule has 2 aromatic rings. The van der Waals surface area contributed by atoms with Gasteiger partial charge in [-0.25, -0.2) is 0 Å². The molecule has 0 radical (unpaired) electrons. The third-order valence-electron chi connectivity index (χ3n) is 3.02. The molecule has 0 amide bonds. The van der Waals surface area contributed by atoms with Crippen LogP contribution in [-0.4, -0.2) is 11.7 Å². The van der Waals surface area contributed by atoms with E-state index in [1.165, 1.54) is 0 Å². The number of aliphatic hydroxyl groups excluding tert-OH is 1. The second-order valence-corrected chi connectivity index (χ2v) is 5.61. The molecule has 3 nitrogen and oxygen atoms in total. The van der Waals surface area contributed by atoms with Crippen molar-refractivity contribution in [3.63, 3.8) is 0 Å². The summed E-state index contributed by atoms with van der Waals surface area (Å²) in [5, 5.41) is 8.90. The van der Waals surface area contributed by atoms with E-state index in [0.717, 1.165) is 27.1 Å². The number of benzene rings is 2. The lowest BCUT2D eigenvalue weighted by atomic mass is 10.1. The number of nitrogens with two attached hydrogens (primary N) is 1. The lowest BCUT2D eigenvalue weighted by molar-refractivity contribution is 0.299. The molecule has 0 heterocycles. The van der Waals surface area contributed by atoms with E-state index in [1.807, 2.05) is 49.4 Å². The molecular formula is C16H18BrNO2. The minimum Gasteiger partial charge on any atom is -0.457 e. The molecule has 0 fully saturated rings. The summed E-state index contributed by atoms with van der Waals surface area (Å²) in [5.74, 6) is 1.51. The predicted octanol–water partition coefficient (Wildman–Crippen LogP) is 3.80. The van der Waals surface area contributed by atoms with Crippen LogP contribution in [0.4, 0.5) is 0 Å². The molecule has 0 spiro atoms. The molecular weight excluding hydrogens is 318 g/mol. The third-order valence-corrected chi connectivity index (χ3v) is 3.51. The Labute approximate surface area is 127 Å². The van der Waals surface area contributed by atoms with Crippen LogP contribution in [0.1, 0.15) is 24.1 Å². The van der Waals surface area contributed by atoms with E-state index < -0.39 is 0 Å². The maximum absolute atomic E-state index is 8.90. The van der Waals surface area contributed by atoms with Crippen LogP contribution in [-0.2, 0) is 6.42 Å². The highest BCUT2D eigenvalue weighted by molar-refractivity contribution is 9.10. The summed E-state index contributed by atoms with van der Waals surface area (Å²) in [4.78, 5) is 0. The van der Waals surface area contributed by atoms with E-state index in [4.69, 9.17) is 15.6 Å². The monoisotopic (exact) mass is 335 g/mol. The van der Waals surface area contributed by atoms with Crippen LogP contribution in [0.3, 0.4) is 0 Å². The summed E-state index contributed by atoms with van der Waals surface area (Å²) >= 11 is 3.44. The van der Waals surface area contributed by atoms with Gasteiger partial charge in [-0.1, -0.05) is 34.1 Å². The average molecular weight is 336 g/mol. The Bertz CT molecular complexity index is 567. The van der Waals surface area contributed by atoms with Gasteiger partial charge in [0, 0.05) is 22.7 Å². The zero-order valence-corrected chi connectivity index (χ0v) is 12.9. The van der Waals surface area contributed by atoms with E-state index in [-0.39, 0.29) is 12.6 Å². The van der Waals surface area contributed by atoms with Crippen LogP contribution in [0.2, 0.25) is 0 Å². The minimum atomic E-state index is -0.0910. The number of rotatable bonds is 5. The number of hydrogen-bond acceptors (Lipinski definition) is 3. The minimum absolute atomic E-state index is 0.0910. The van der Waals surface area contributed by atoms with Gasteiger partial charge >= 0.3 is 0 Å². The fraction of sp³-hybridized carbons (Fsp3) is 0.250. The summed E-state index contributed by atoms with van der Waals surface area (Å²) < 4.78 is 6.86. The zero-order valence-electron chi connectivity index (χ0n) is 11.3. The highest BCUT2D eigenvalue weighted by atomic mass is 79.9. The van der Waals surface area contributed by atoms with Crippen molar-refractivity contribution in [2.75, 3.05) is 6.61 Å². The van der Waals surface area contributed by atoms with Crippen molar-refractivity contribution in [1.82, 2.24) is 0 Å². The molecule has 1 atom stereocenters. The van der Waals surface area contributed by atoms with Crippen LogP contribution >= 0.6 is 15.9 Å². The van der Waals surface area contributed by atoms with Gasteiger partial charge in [0.2, 0.25) is 0 Å². The first kappa shape index (κ1) is 15.0. The molecule has 2 aromatic carbocycles. The smallest absolute Gasteiger partial charge is 0.133 e. The Kier molecular flexibility index (Phi) is 5.17. The second kappa shape index (κ2) is 6.88. The Morgan fingerprint density at radius 2 is 1.90 bits per heavy atom. The lowest BCUT2D eigenvalue weighted by Crippen LogP contribution is -2.06. The Hall–Kier alpha value is -1.36. The fourth-order valence-corrected chi connectivity index (χ4v) is 2.29. The quantitative estimate of drug-likeness (QED) is 0.873. The summed E-state index contributed by atoms with van der Waals surface area (Å²) in [6, 6.07) is 13.4. The largest absolute Gasteiger partial charge is 0.457 e. The van der Waals surface area contributed by atoms with E-state index in [9.17, 15) is 0 Å². The molecule has 0 aliphatic heterocycles. The van der Waals surface area contributed by atoms with Crippen molar-refractivity contribution < 1.29 is 9.84 Å². The van der Waals surface area contributed by atoms with Gasteiger partial charge in [0.15, 0.2) is 0 Å². The van der Waals surface area contributed by atoms with Crippen LogP contribution in [0, 0.1) is 0 Å². The maximum Gasteiger partial charge on any atom is 0.133 e. The molecule has 1 unspecified atom stereocenters. The molecule has 0 saturated carbocycles. The Morgan fingerprint density at radius 3 is 2.50 bits per heavy atom. The first-order valence-electron chi connectivity index (χ1n) is 6.53. The SMILES string of the molecule is CC(N)c1ccc(Br)cc1Oc1ccc(CCO)cc1. The van der Waals surface area contributed by atoms with Crippen LogP contribution in [0.25, 0.3) is 0 Å². The normalized spacial score (nSPS) is 12.2. The molecule has 0 aromatic heterocycles. The summed E-state index contributed by atoms with van der Waals surface area (Å²) in [6.07, 6.45) is 0.655. The van der Waals surface area contributed by atoms with E-state index in [2.05, 4.69) is 15.9 Å². The number of hydrogen-bond donors (Lipinski definition) is 2. The lowest BCUT2D eigenvalue weighted by Gasteiger charge is -2.14. The van der Waals surface area contributed by atoms with Gasteiger partial charge in [-0.3, -0.25) is 0 Å². The number of aliphatic hydroxyl groups is 1. The zero-order chi connectivity index (χ0) is 14.5. The second-order valence-electron chi connectivity index (χ2n) is 4.69. The number of ether oxygens (including phenoxy) is 1. The summed E-state index contributed by atoms with van der Waals surface area (Å²) in [6.45, 7) is 2.08. The maximum atomic E-state index is 8.90. The highest BCUT2D eigenvalue weighted by Crippen LogP contribution is 2.31. The van der Waals surface area contributed by atoms with Gasteiger partial charge in [0.05, 0.1) is 0 Å². The molecule has 0 saturated heterocycles. The molecule has 106 valence electrons. The molecule has 0 aliphatic carbocycles. The summed E-state index contributed by atoms with van der Waals surface area (Å²) in [7, 11) is 0. The first-order valence-corrected chi connectivity index (χ1v) is 7.32. The number of halogens is 1. The van der Waals surface area contributed by atoms with Gasteiger partial charge in [0.1, 0.15) is 11.5 Å². The average Bonchev–Trinajstić information content (AvgIpc) is 2.41. The van der Waals surface area contributed by atoms with Crippen LogP contribution in [0.15, 0.2) is 46.9 Å². The highest BCUT2D eigenvalue weighted by Gasteiger charge is 2.09. The van der Waals surface area contributed by atoms with Gasteiger partial charge < -0.3 is 15.6 Å². The van der Waals surface area contributed by atoms with Crippen molar-refractivity contribution in [2.45, 2.75) is 19.4 Å². The van der Waals surface area contributed by atoms with Crippen molar-refractivity contribution >= 4 is 15.9 Å². The van der Waals surface area contributed by atoms with Crippen LogP contribution in [0.5, 0.6) is 11.5 Å². The fourth-order valence-electron chi connectivity index (χ4n) is 1.95. The molecule has 0 bridgehead atoms. The molecule has 4 heteroatoms. The van der Waals surface area contributed by atoms with Crippen molar-refractivity contribution in [3.8, 4) is 11.5 Å². The molecule has 0 aliphatic rings. The van der Waals surface area contributed by atoms with E-state index in [1.54, 1.807) is 0 Å². The van der Waals surface area contributed by atoms with Gasteiger partial charge in [-0.05, 0) is 43.2 Å². The summed E-state index contributed by atoms with van der Waals surface area (Å²) in [5.41, 5.74) is 8.01. The van der Waals surface area contributed by atoms with Gasteiger partial charge in [-0.2, -0.15) is 0 Å². The van der Waals surface area contributed by atoms with E-state index in [0.29, 0.717) is 6.42 Å². The Morgan fingerprint density at radius 1 is 1.20 bits per heavy atom.